The lowest BCUT2D eigenvalue weighted by Crippen LogP contribution is -2.51. The van der Waals surface area contributed by atoms with Crippen molar-refractivity contribution in [2.45, 2.75) is 13.0 Å². The van der Waals surface area contributed by atoms with Gasteiger partial charge in [-0.1, -0.05) is 0 Å². The van der Waals surface area contributed by atoms with E-state index in [1.54, 1.807) is 0 Å². The predicted octanol–water partition coefficient (Wildman–Crippen LogP) is 1.56. The summed E-state index contributed by atoms with van der Waals surface area (Å²) in [7, 11) is 1.99. The van der Waals surface area contributed by atoms with Crippen molar-refractivity contribution in [1.29, 1.82) is 0 Å². The van der Waals surface area contributed by atoms with Crippen LogP contribution >= 0.6 is 0 Å². The summed E-state index contributed by atoms with van der Waals surface area (Å²) in [5.74, 6) is -0.167. The summed E-state index contributed by atoms with van der Waals surface area (Å²) < 4.78 is 12.9. The maximum absolute atomic E-state index is 12.9. The van der Waals surface area contributed by atoms with Crippen molar-refractivity contribution >= 4 is 5.69 Å². The summed E-state index contributed by atoms with van der Waals surface area (Å²) >= 11 is 0. The van der Waals surface area contributed by atoms with Gasteiger partial charge in [0, 0.05) is 44.5 Å². The highest BCUT2D eigenvalue weighted by atomic mass is 19.1. The second kappa shape index (κ2) is 6.16. The van der Waals surface area contributed by atoms with Gasteiger partial charge in [-0.2, -0.15) is 0 Å². The molecule has 1 saturated heterocycles. The van der Waals surface area contributed by atoms with E-state index in [4.69, 9.17) is 0 Å². The van der Waals surface area contributed by atoms with Crippen molar-refractivity contribution in [3.05, 3.63) is 30.1 Å². The van der Waals surface area contributed by atoms with Crippen molar-refractivity contribution in [3.63, 3.8) is 0 Å². The molecule has 1 heterocycles. The Morgan fingerprint density at radius 2 is 1.78 bits per heavy atom. The molecule has 1 aliphatic rings. The van der Waals surface area contributed by atoms with Gasteiger partial charge in [-0.25, -0.2) is 4.39 Å². The van der Waals surface area contributed by atoms with Gasteiger partial charge in [-0.05, 0) is 38.2 Å². The van der Waals surface area contributed by atoms with Crippen molar-refractivity contribution < 1.29 is 4.39 Å². The lowest BCUT2D eigenvalue weighted by atomic mass is 10.2. The number of benzene rings is 1. The van der Waals surface area contributed by atoms with Crippen molar-refractivity contribution in [1.82, 2.24) is 10.2 Å². The molecule has 0 amide bonds. The minimum Gasteiger partial charge on any atom is -0.369 e. The Morgan fingerprint density at radius 3 is 2.33 bits per heavy atom. The van der Waals surface area contributed by atoms with Crippen LogP contribution in [0.15, 0.2) is 24.3 Å². The molecular formula is C14H22FN3. The molecule has 3 nitrogen and oxygen atoms in total. The third-order valence-corrected chi connectivity index (χ3v) is 3.63. The smallest absolute Gasteiger partial charge is 0.123 e. The number of nitrogens with zero attached hydrogens (tertiary/aromatic N) is 2. The zero-order chi connectivity index (χ0) is 13.0. The topological polar surface area (TPSA) is 18.5 Å². The summed E-state index contributed by atoms with van der Waals surface area (Å²) in [6.45, 7) is 7.44. The highest BCUT2D eigenvalue weighted by Gasteiger charge is 2.20. The van der Waals surface area contributed by atoms with Gasteiger partial charge in [-0.3, -0.25) is 4.90 Å². The van der Waals surface area contributed by atoms with Gasteiger partial charge in [0.15, 0.2) is 0 Å². The molecule has 1 atom stereocenters. The van der Waals surface area contributed by atoms with Crippen LogP contribution in [0.1, 0.15) is 6.92 Å². The lowest BCUT2D eigenvalue weighted by molar-refractivity contribution is 0.195. The van der Waals surface area contributed by atoms with E-state index in [2.05, 4.69) is 22.0 Å². The SMILES string of the molecule is CNCC(C)N1CCN(c2ccc(F)cc2)CC1. The van der Waals surface area contributed by atoms with E-state index < -0.39 is 0 Å². The van der Waals surface area contributed by atoms with Crippen LogP contribution in [0.2, 0.25) is 0 Å². The van der Waals surface area contributed by atoms with Crippen LogP contribution in [-0.4, -0.2) is 50.7 Å². The molecule has 0 spiro atoms. The molecule has 1 N–H and O–H groups in total. The Morgan fingerprint density at radius 1 is 1.17 bits per heavy atom. The molecule has 1 unspecified atom stereocenters. The van der Waals surface area contributed by atoms with Gasteiger partial charge >= 0.3 is 0 Å². The number of anilines is 1. The molecule has 100 valence electrons. The summed E-state index contributed by atoms with van der Waals surface area (Å²) in [6.07, 6.45) is 0. The number of piperazine rings is 1. The Balaban J connectivity index is 1.88. The van der Waals surface area contributed by atoms with Crippen LogP contribution in [0.4, 0.5) is 10.1 Å². The van der Waals surface area contributed by atoms with E-state index in [-0.39, 0.29) is 5.82 Å². The number of nitrogens with one attached hydrogen (secondary N) is 1. The minimum atomic E-state index is -0.167. The lowest BCUT2D eigenvalue weighted by Gasteiger charge is -2.39. The van der Waals surface area contributed by atoms with E-state index >= 15 is 0 Å². The first kappa shape index (κ1) is 13.3. The molecule has 4 heteroatoms. The molecule has 0 aliphatic carbocycles. The van der Waals surface area contributed by atoms with Crippen LogP contribution in [0.5, 0.6) is 0 Å². The third kappa shape index (κ3) is 3.21. The van der Waals surface area contributed by atoms with Gasteiger partial charge in [0.1, 0.15) is 5.82 Å². The zero-order valence-corrected chi connectivity index (χ0v) is 11.2. The molecule has 1 fully saturated rings. The Hall–Kier alpha value is -1.13. The first-order chi connectivity index (χ1) is 8.70. The second-order valence-electron chi connectivity index (χ2n) is 4.91. The average molecular weight is 251 g/mol. The van der Waals surface area contributed by atoms with Gasteiger partial charge in [0.2, 0.25) is 0 Å². The average Bonchev–Trinajstić information content (AvgIpc) is 2.40. The van der Waals surface area contributed by atoms with Gasteiger partial charge < -0.3 is 10.2 Å². The third-order valence-electron chi connectivity index (χ3n) is 3.63. The van der Waals surface area contributed by atoms with E-state index in [9.17, 15) is 4.39 Å². The summed E-state index contributed by atoms with van der Waals surface area (Å²) in [5.41, 5.74) is 1.12. The molecule has 1 aromatic rings. The number of hydrogen-bond donors (Lipinski definition) is 1. The van der Waals surface area contributed by atoms with Crippen LogP contribution in [0, 0.1) is 5.82 Å². The van der Waals surface area contributed by atoms with Crippen LogP contribution in [0.25, 0.3) is 0 Å². The molecule has 0 bridgehead atoms. The number of hydrogen-bond acceptors (Lipinski definition) is 3. The highest BCUT2D eigenvalue weighted by molar-refractivity contribution is 5.46. The van der Waals surface area contributed by atoms with E-state index in [0.29, 0.717) is 6.04 Å². The van der Waals surface area contributed by atoms with Gasteiger partial charge in [-0.15, -0.1) is 0 Å². The van der Waals surface area contributed by atoms with Crippen LogP contribution in [0.3, 0.4) is 0 Å². The number of halogens is 1. The molecular weight excluding hydrogens is 229 g/mol. The highest BCUT2D eigenvalue weighted by Crippen LogP contribution is 2.17. The summed E-state index contributed by atoms with van der Waals surface area (Å²) in [5, 5.41) is 3.22. The van der Waals surface area contributed by atoms with Gasteiger partial charge in [0.25, 0.3) is 0 Å². The Labute approximate surface area is 109 Å². The van der Waals surface area contributed by atoms with Crippen LogP contribution in [-0.2, 0) is 0 Å². The van der Waals surface area contributed by atoms with Crippen molar-refractivity contribution in [2.24, 2.45) is 0 Å². The fourth-order valence-corrected chi connectivity index (χ4v) is 2.50. The number of likely N-dealkylation sites (N-methyl/N-ethyl adjacent to an activating group) is 1. The Bertz CT molecular complexity index is 358. The molecule has 0 aromatic heterocycles. The van der Waals surface area contributed by atoms with E-state index in [0.717, 1.165) is 38.4 Å². The zero-order valence-electron chi connectivity index (χ0n) is 11.2. The summed E-state index contributed by atoms with van der Waals surface area (Å²) in [4.78, 5) is 4.82. The fraction of sp³-hybridized carbons (Fsp3) is 0.571. The fourth-order valence-electron chi connectivity index (χ4n) is 2.50. The maximum atomic E-state index is 12.9. The maximum Gasteiger partial charge on any atom is 0.123 e. The standard InChI is InChI=1S/C14H22FN3/c1-12(11-16-2)17-7-9-18(10-8-17)14-5-3-13(15)4-6-14/h3-6,12,16H,7-11H2,1-2H3. The Kier molecular flexibility index (Phi) is 4.55. The molecule has 0 saturated carbocycles. The largest absolute Gasteiger partial charge is 0.369 e. The van der Waals surface area contributed by atoms with Gasteiger partial charge in [0.05, 0.1) is 0 Å². The first-order valence-corrected chi connectivity index (χ1v) is 6.60. The molecule has 2 rings (SSSR count). The monoisotopic (exact) mass is 251 g/mol. The summed E-state index contributed by atoms with van der Waals surface area (Å²) in [6, 6.07) is 7.37. The second-order valence-corrected chi connectivity index (χ2v) is 4.91. The molecule has 1 aromatic carbocycles. The quantitative estimate of drug-likeness (QED) is 0.876. The molecule has 18 heavy (non-hydrogen) atoms. The molecule has 0 radical (unpaired) electrons. The molecule has 1 aliphatic heterocycles. The first-order valence-electron chi connectivity index (χ1n) is 6.60. The van der Waals surface area contributed by atoms with E-state index in [1.807, 2.05) is 19.2 Å². The minimum absolute atomic E-state index is 0.167. The van der Waals surface area contributed by atoms with Crippen molar-refractivity contribution in [3.8, 4) is 0 Å². The van der Waals surface area contributed by atoms with Crippen molar-refractivity contribution in [2.75, 3.05) is 44.7 Å². The normalized spacial score (nSPS) is 18.9. The predicted molar refractivity (Wildman–Crippen MR) is 73.6 cm³/mol. The number of rotatable bonds is 4. The van der Waals surface area contributed by atoms with E-state index in [1.165, 1.54) is 12.1 Å². The van der Waals surface area contributed by atoms with Crippen LogP contribution < -0.4 is 10.2 Å².